The van der Waals surface area contributed by atoms with Crippen molar-refractivity contribution in [3.05, 3.63) is 28.9 Å². The van der Waals surface area contributed by atoms with E-state index in [2.05, 4.69) is 37.1 Å². The minimum Gasteiger partial charge on any atom is -0.492 e. The number of nitrogens with one attached hydrogen (secondary N) is 1. The summed E-state index contributed by atoms with van der Waals surface area (Å²) < 4.78 is 5.78. The van der Waals surface area contributed by atoms with Gasteiger partial charge < -0.3 is 14.6 Å². The van der Waals surface area contributed by atoms with Crippen molar-refractivity contribution in [3.63, 3.8) is 0 Å². The van der Waals surface area contributed by atoms with Gasteiger partial charge in [-0.15, -0.1) is 0 Å². The third-order valence-electron chi connectivity index (χ3n) is 3.41. The molecule has 0 saturated carbocycles. The molecule has 3 nitrogen and oxygen atoms in total. The molecule has 1 heterocycles. The van der Waals surface area contributed by atoms with E-state index in [-0.39, 0.29) is 0 Å². The fraction of sp³-hybridized carbons (Fsp3) is 0.500. The number of unbranched alkanes of at least 4 members (excludes halogenated alkanes) is 1. The fourth-order valence-corrected chi connectivity index (χ4v) is 2.55. The van der Waals surface area contributed by atoms with Gasteiger partial charge in [-0.1, -0.05) is 24.9 Å². The van der Waals surface area contributed by atoms with Crippen molar-refractivity contribution in [3.8, 4) is 5.75 Å². The number of aromatic amines is 1. The van der Waals surface area contributed by atoms with Crippen molar-refractivity contribution in [2.24, 2.45) is 0 Å². The Morgan fingerprint density at radius 2 is 2.10 bits per heavy atom. The highest BCUT2D eigenvalue weighted by Crippen LogP contribution is 2.35. The van der Waals surface area contributed by atoms with Gasteiger partial charge in [-0.2, -0.15) is 0 Å². The lowest BCUT2D eigenvalue weighted by atomic mass is 10.1. The van der Waals surface area contributed by atoms with Gasteiger partial charge in [-0.05, 0) is 44.6 Å². The van der Waals surface area contributed by atoms with Crippen molar-refractivity contribution < 1.29 is 4.74 Å². The number of halogens is 1. The van der Waals surface area contributed by atoms with Gasteiger partial charge in [-0.25, -0.2) is 0 Å². The number of nitrogens with zero attached hydrogens (tertiary/aromatic N) is 1. The van der Waals surface area contributed by atoms with E-state index in [0.717, 1.165) is 54.1 Å². The summed E-state index contributed by atoms with van der Waals surface area (Å²) in [7, 11) is 4.16. The molecule has 110 valence electrons. The number of likely N-dealkylation sites (N-methyl/N-ethyl adjacent to an activating group) is 1. The van der Waals surface area contributed by atoms with Gasteiger partial charge in [0.15, 0.2) is 0 Å². The summed E-state index contributed by atoms with van der Waals surface area (Å²) >= 11 is 6.52. The summed E-state index contributed by atoms with van der Waals surface area (Å²) in [4.78, 5) is 5.46. The maximum atomic E-state index is 6.52. The molecule has 1 aromatic heterocycles. The normalized spacial score (nSPS) is 11.4. The quantitative estimate of drug-likeness (QED) is 0.779. The predicted molar refractivity (Wildman–Crippen MR) is 86.0 cm³/mol. The van der Waals surface area contributed by atoms with Crippen molar-refractivity contribution in [1.29, 1.82) is 0 Å². The molecule has 0 spiro atoms. The summed E-state index contributed by atoms with van der Waals surface area (Å²) in [5.74, 6) is 0.790. The number of fused-ring (bicyclic) bond motifs is 1. The first-order valence-electron chi connectivity index (χ1n) is 7.19. The molecule has 20 heavy (non-hydrogen) atoms. The largest absolute Gasteiger partial charge is 0.492 e. The van der Waals surface area contributed by atoms with E-state index in [1.807, 2.05) is 12.1 Å². The maximum absolute atomic E-state index is 6.52. The summed E-state index contributed by atoms with van der Waals surface area (Å²) in [6.45, 7) is 3.88. The molecule has 2 aromatic rings. The molecule has 0 bridgehead atoms. The molecule has 0 atom stereocenters. The van der Waals surface area contributed by atoms with Crippen LogP contribution in [0.3, 0.4) is 0 Å². The Labute approximate surface area is 125 Å². The number of hydrogen-bond acceptors (Lipinski definition) is 2. The SMILES string of the molecule is CCCCOc1ccc2[nH]cc(CCN(C)C)c2c1Cl. The van der Waals surface area contributed by atoms with Gasteiger partial charge in [0.05, 0.1) is 11.6 Å². The van der Waals surface area contributed by atoms with Gasteiger partial charge in [0.25, 0.3) is 0 Å². The highest BCUT2D eigenvalue weighted by atomic mass is 35.5. The van der Waals surface area contributed by atoms with Crippen molar-refractivity contribution in [2.45, 2.75) is 26.2 Å². The van der Waals surface area contributed by atoms with Crippen LogP contribution in [-0.4, -0.2) is 37.1 Å². The zero-order valence-electron chi connectivity index (χ0n) is 12.5. The molecule has 0 aliphatic heterocycles. The molecular formula is C16H23ClN2O. The summed E-state index contributed by atoms with van der Waals surface area (Å²) in [5.41, 5.74) is 2.33. The van der Waals surface area contributed by atoms with Crippen LogP contribution in [0.1, 0.15) is 25.3 Å². The summed E-state index contributed by atoms with van der Waals surface area (Å²) in [5, 5.41) is 1.83. The van der Waals surface area contributed by atoms with Crippen LogP contribution in [0.4, 0.5) is 0 Å². The van der Waals surface area contributed by atoms with E-state index in [4.69, 9.17) is 16.3 Å². The number of hydrogen-bond donors (Lipinski definition) is 1. The molecule has 0 radical (unpaired) electrons. The average Bonchev–Trinajstić information content (AvgIpc) is 2.83. The van der Waals surface area contributed by atoms with E-state index in [9.17, 15) is 0 Å². The number of H-pyrrole nitrogens is 1. The minimum atomic E-state index is 0.721. The minimum absolute atomic E-state index is 0.721. The summed E-state index contributed by atoms with van der Waals surface area (Å²) in [6, 6.07) is 3.99. The Hall–Kier alpha value is -1.19. The first-order valence-corrected chi connectivity index (χ1v) is 7.57. The van der Waals surface area contributed by atoms with Gasteiger partial charge in [0.1, 0.15) is 5.75 Å². The molecule has 0 fully saturated rings. The van der Waals surface area contributed by atoms with E-state index in [0.29, 0.717) is 0 Å². The third-order valence-corrected chi connectivity index (χ3v) is 3.79. The second-order valence-electron chi connectivity index (χ2n) is 5.37. The van der Waals surface area contributed by atoms with Crippen molar-refractivity contribution >= 4 is 22.5 Å². The van der Waals surface area contributed by atoms with E-state index in [1.165, 1.54) is 5.56 Å². The molecule has 0 amide bonds. The van der Waals surface area contributed by atoms with Crippen LogP contribution in [-0.2, 0) is 6.42 Å². The number of benzene rings is 1. The van der Waals surface area contributed by atoms with Gasteiger partial charge in [0.2, 0.25) is 0 Å². The van der Waals surface area contributed by atoms with Crippen LogP contribution in [0.2, 0.25) is 5.02 Å². The average molecular weight is 295 g/mol. The zero-order chi connectivity index (χ0) is 14.5. The monoisotopic (exact) mass is 294 g/mol. The lowest BCUT2D eigenvalue weighted by Crippen LogP contribution is -2.14. The maximum Gasteiger partial charge on any atom is 0.138 e. The molecular weight excluding hydrogens is 272 g/mol. The highest BCUT2D eigenvalue weighted by molar-refractivity contribution is 6.37. The number of rotatable bonds is 7. The lowest BCUT2D eigenvalue weighted by Gasteiger charge is -2.11. The highest BCUT2D eigenvalue weighted by Gasteiger charge is 2.12. The van der Waals surface area contributed by atoms with Crippen LogP contribution in [0.5, 0.6) is 5.75 Å². The van der Waals surface area contributed by atoms with Crippen LogP contribution in [0, 0.1) is 0 Å². The van der Waals surface area contributed by atoms with Crippen molar-refractivity contribution in [1.82, 2.24) is 9.88 Å². The zero-order valence-corrected chi connectivity index (χ0v) is 13.3. The standard InChI is InChI=1S/C16H23ClN2O/c1-4-5-10-20-14-7-6-13-15(16(14)17)12(11-18-13)8-9-19(2)3/h6-7,11,18H,4-5,8-10H2,1-3H3. The molecule has 0 saturated heterocycles. The smallest absolute Gasteiger partial charge is 0.138 e. The van der Waals surface area contributed by atoms with Crippen LogP contribution in [0.25, 0.3) is 10.9 Å². The van der Waals surface area contributed by atoms with Gasteiger partial charge in [-0.3, -0.25) is 0 Å². The van der Waals surface area contributed by atoms with Gasteiger partial charge in [0, 0.05) is 23.6 Å². The molecule has 0 aliphatic carbocycles. The van der Waals surface area contributed by atoms with Crippen LogP contribution >= 0.6 is 11.6 Å². The Bertz CT molecular complexity index is 563. The molecule has 0 aliphatic rings. The Kier molecular flexibility index (Phi) is 5.32. The van der Waals surface area contributed by atoms with E-state index < -0.39 is 0 Å². The fourth-order valence-electron chi connectivity index (χ4n) is 2.21. The molecule has 1 aromatic carbocycles. The predicted octanol–water partition coefficient (Wildman–Crippen LogP) is 4.10. The number of ether oxygens (including phenoxy) is 1. The van der Waals surface area contributed by atoms with Gasteiger partial charge >= 0.3 is 0 Å². The first-order chi connectivity index (χ1) is 9.63. The second-order valence-corrected chi connectivity index (χ2v) is 5.75. The Balaban J connectivity index is 2.25. The molecule has 1 N–H and O–H groups in total. The number of aromatic nitrogens is 1. The lowest BCUT2D eigenvalue weighted by molar-refractivity contribution is 0.310. The third kappa shape index (κ3) is 3.47. The molecule has 2 rings (SSSR count). The van der Waals surface area contributed by atoms with E-state index >= 15 is 0 Å². The van der Waals surface area contributed by atoms with E-state index in [1.54, 1.807) is 0 Å². The second kappa shape index (κ2) is 7.00. The Morgan fingerprint density at radius 3 is 2.80 bits per heavy atom. The van der Waals surface area contributed by atoms with Crippen molar-refractivity contribution in [2.75, 3.05) is 27.2 Å². The topological polar surface area (TPSA) is 28.3 Å². The molecule has 0 unspecified atom stereocenters. The first kappa shape index (κ1) is 15.2. The molecule has 4 heteroatoms. The van der Waals surface area contributed by atoms with Crippen LogP contribution < -0.4 is 4.74 Å². The summed E-state index contributed by atoms with van der Waals surface area (Å²) in [6.07, 6.45) is 5.20. The Morgan fingerprint density at radius 1 is 1.30 bits per heavy atom. The van der Waals surface area contributed by atoms with Crippen LogP contribution in [0.15, 0.2) is 18.3 Å².